The van der Waals surface area contributed by atoms with Crippen molar-refractivity contribution in [1.82, 2.24) is 0 Å². The molecule has 3 N–H and O–H groups in total. The summed E-state index contributed by atoms with van der Waals surface area (Å²) in [6.07, 6.45) is 8.63. The second kappa shape index (κ2) is 8.13. The number of aryl methyl sites for hydroxylation is 1. The van der Waals surface area contributed by atoms with Crippen LogP contribution in [0.2, 0.25) is 0 Å². The first-order valence-electron chi connectivity index (χ1n) is 8.78. The number of hydrogen-bond acceptors (Lipinski definition) is 3. The van der Waals surface area contributed by atoms with Gasteiger partial charge < -0.3 is 11.1 Å². The number of carbonyl (C=O) groups is 2. The number of hydrogen-bond donors (Lipinski definition) is 2. The van der Waals surface area contributed by atoms with Crippen LogP contribution >= 0.6 is 12.4 Å². The van der Waals surface area contributed by atoms with Crippen LogP contribution in [0, 0.1) is 5.41 Å². The Labute approximate surface area is 150 Å². The summed E-state index contributed by atoms with van der Waals surface area (Å²) in [7, 11) is 0. The third kappa shape index (κ3) is 4.17. The first kappa shape index (κ1) is 18.9. The van der Waals surface area contributed by atoms with Gasteiger partial charge in [-0.25, -0.2) is 0 Å². The average molecular weight is 351 g/mol. The van der Waals surface area contributed by atoms with Crippen molar-refractivity contribution in [2.75, 3.05) is 11.9 Å². The summed E-state index contributed by atoms with van der Waals surface area (Å²) in [5.41, 5.74) is 8.54. The molecule has 5 heteroatoms. The molecule has 1 saturated carbocycles. The summed E-state index contributed by atoms with van der Waals surface area (Å²) in [6.45, 7) is 0.573. The lowest BCUT2D eigenvalue weighted by Gasteiger charge is -2.35. The molecule has 132 valence electrons. The van der Waals surface area contributed by atoms with E-state index in [1.807, 2.05) is 18.2 Å². The quantitative estimate of drug-likeness (QED) is 0.865. The van der Waals surface area contributed by atoms with Gasteiger partial charge >= 0.3 is 0 Å². The van der Waals surface area contributed by atoms with Crippen LogP contribution in [0.15, 0.2) is 18.2 Å². The molecule has 1 aromatic carbocycles. The Kier molecular flexibility index (Phi) is 6.41. The van der Waals surface area contributed by atoms with Gasteiger partial charge in [0.15, 0.2) is 5.78 Å². The van der Waals surface area contributed by atoms with Crippen molar-refractivity contribution in [2.45, 2.75) is 57.8 Å². The standard InChI is InChI=1S/C19H26N2O2.ClH/c20-13-19(9-2-1-3-10-19)12-18(23)21-15-8-7-14-5-4-6-17(22)16(14)11-15;/h7-8,11H,1-6,9-10,12-13,20H2,(H,21,23);1H. The zero-order chi connectivity index (χ0) is 16.3. The Balaban J connectivity index is 0.00000208. The minimum absolute atomic E-state index is 0. The van der Waals surface area contributed by atoms with E-state index in [2.05, 4.69) is 5.32 Å². The highest BCUT2D eigenvalue weighted by Crippen LogP contribution is 2.38. The van der Waals surface area contributed by atoms with Crippen molar-refractivity contribution in [3.8, 4) is 0 Å². The Hall–Kier alpha value is -1.39. The van der Waals surface area contributed by atoms with E-state index >= 15 is 0 Å². The van der Waals surface area contributed by atoms with E-state index in [9.17, 15) is 9.59 Å². The van der Waals surface area contributed by atoms with E-state index in [0.29, 0.717) is 19.4 Å². The molecule has 24 heavy (non-hydrogen) atoms. The molecule has 1 aromatic rings. The number of nitrogens with one attached hydrogen (secondary N) is 1. The van der Waals surface area contributed by atoms with Crippen molar-refractivity contribution < 1.29 is 9.59 Å². The van der Waals surface area contributed by atoms with Gasteiger partial charge in [-0.1, -0.05) is 25.3 Å². The fourth-order valence-electron chi connectivity index (χ4n) is 4.01. The molecular weight excluding hydrogens is 324 g/mol. The Bertz CT molecular complexity index is 609. The van der Waals surface area contributed by atoms with Gasteiger partial charge in [0.25, 0.3) is 0 Å². The van der Waals surface area contributed by atoms with Crippen molar-refractivity contribution in [1.29, 1.82) is 0 Å². The van der Waals surface area contributed by atoms with Gasteiger partial charge in [-0.3, -0.25) is 9.59 Å². The van der Waals surface area contributed by atoms with E-state index in [-0.39, 0.29) is 29.5 Å². The number of fused-ring (bicyclic) bond motifs is 1. The fourth-order valence-corrected chi connectivity index (χ4v) is 4.01. The average Bonchev–Trinajstić information content (AvgIpc) is 2.56. The van der Waals surface area contributed by atoms with E-state index in [1.165, 1.54) is 6.42 Å². The molecule has 0 bridgehead atoms. The molecule has 0 saturated heterocycles. The number of halogens is 1. The van der Waals surface area contributed by atoms with Crippen LogP contribution in [0.5, 0.6) is 0 Å². The molecule has 1 fully saturated rings. The molecule has 4 nitrogen and oxygen atoms in total. The third-order valence-corrected chi connectivity index (χ3v) is 5.43. The van der Waals surface area contributed by atoms with Gasteiger partial charge in [-0.05, 0) is 55.3 Å². The van der Waals surface area contributed by atoms with Crippen LogP contribution in [0.3, 0.4) is 0 Å². The number of anilines is 1. The molecule has 3 rings (SSSR count). The number of nitrogens with two attached hydrogens (primary N) is 1. The fraction of sp³-hybridized carbons (Fsp3) is 0.579. The highest BCUT2D eigenvalue weighted by Gasteiger charge is 2.33. The molecular formula is C19H27ClN2O2. The number of Topliss-reactive ketones (excluding diaryl/α,β-unsaturated/α-hetero) is 1. The molecule has 0 radical (unpaired) electrons. The number of ketones is 1. The third-order valence-electron chi connectivity index (χ3n) is 5.43. The highest BCUT2D eigenvalue weighted by molar-refractivity contribution is 6.00. The van der Waals surface area contributed by atoms with E-state index < -0.39 is 0 Å². The maximum absolute atomic E-state index is 12.4. The Morgan fingerprint density at radius 3 is 2.58 bits per heavy atom. The maximum atomic E-state index is 12.4. The van der Waals surface area contributed by atoms with Crippen LogP contribution < -0.4 is 11.1 Å². The minimum Gasteiger partial charge on any atom is -0.330 e. The van der Waals surface area contributed by atoms with Crippen LogP contribution in [0.4, 0.5) is 5.69 Å². The summed E-state index contributed by atoms with van der Waals surface area (Å²) < 4.78 is 0. The zero-order valence-corrected chi connectivity index (χ0v) is 14.9. The number of amides is 1. The van der Waals surface area contributed by atoms with E-state index in [1.54, 1.807) is 0 Å². The van der Waals surface area contributed by atoms with Crippen LogP contribution in [0.1, 0.15) is 67.3 Å². The molecule has 0 aromatic heterocycles. The Morgan fingerprint density at radius 2 is 1.88 bits per heavy atom. The maximum Gasteiger partial charge on any atom is 0.224 e. The van der Waals surface area contributed by atoms with Gasteiger partial charge in [0.2, 0.25) is 5.91 Å². The Morgan fingerprint density at radius 1 is 1.12 bits per heavy atom. The van der Waals surface area contributed by atoms with Crippen molar-refractivity contribution in [2.24, 2.45) is 11.1 Å². The summed E-state index contributed by atoms with van der Waals surface area (Å²) >= 11 is 0. The summed E-state index contributed by atoms with van der Waals surface area (Å²) in [5.74, 6) is 0.202. The highest BCUT2D eigenvalue weighted by atomic mass is 35.5. The number of benzene rings is 1. The largest absolute Gasteiger partial charge is 0.330 e. The summed E-state index contributed by atoms with van der Waals surface area (Å²) in [6, 6.07) is 5.72. The molecule has 0 unspecified atom stereocenters. The molecule has 0 atom stereocenters. The number of carbonyl (C=O) groups excluding carboxylic acids is 2. The van der Waals surface area contributed by atoms with E-state index in [0.717, 1.165) is 55.3 Å². The predicted molar refractivity (Wildman–Crippen MR) is 98.8 cm³/mol. The lowest BCUT2D eigenvalue weighted by Crippen LogP contribution is -2.36. The van der Waals surface area contributed by atoms with E-state index in [4.69, 9.17) is 5.73 Å². The van der Waals surface area contributed by atoms with Gasteiger partial charge in [-0.2, -0.15) is 0 Å². The normalized spacial score (nSPS) is 19.1. The molecule has 1 amide bonds. The molecule has 0 heterocycles. The molecule has 0 aliphatic heterocycles. The summed E-state index contributed by atoms with van der Waals surface area (Å²) in [4.78, 5) is 24.5. The second-order valence-electron chi connectivity index (χ2n) is 7.14. The van der Waals surface area contributed by atoms with Crippen molar-refractivity contribution >= 4 is 29.8 Å². The smallest absolute Gasteiger partial charge is 0.224 e. The predicted octanol–water partition coefficient (Wildman–Crippen LogP) is 3.87. The first-order chi connectivity index (χ1) is 11.1. The van der Waals surface area contributed by atoms with Crippen LogP contribution in [-0.2, 0) is 11.2 Å². The lowest BCUT2D eigenvalue weighted by atomic mass is 9.71. The van der Waals surface area contributed by atoms with Crippen LogP contribution in [-0.4, -0.2) is 18.2 Å². The van der Waals surface area contributed by atoms with Crippen molar-refractivity contribution in [3.05, 3.63) is 29.3 Å². The SMILES string of the molecule is Cl.NCC1(CC(=O)Nc2ccc3c(c2)C(=O)CCC3)CCCCC1. The zero-order valence-electron chi connectivity index (χ0n) is 14.1. The topological polar surface area (TPSA) is 72.2 Å². The molecule has 2 aliphatic rings. The van der Waals surface area contributed by atoms with Crippen LogP contribution in [0.25, 0.3) is 0 Å². The van der Waals surface area contributed by atoms with Gasteiger partial charge in [0.05, 0.1) is 0 Å². The lowest BCUT2D eigenvalue weighted by molar-refractivity contribution is -0.118. The van der Waals surface area contributed by atoms with Crippen molar-refractivity contribution in [3.63, 3.8) is 0 Å². The van der Waals surface area contributed by atoms with Gasteiger partial charge in [0, 0.05) is 24.1 Å². The second-order valence-corrected chi connectivity index (χ2v) is 7.14. The number of rotatable bonds is 4. The monoisotopic (exact) mass is 350 g/mol. The summed E-state index contributed by atoms with van der Waals surface area (Å²) in [5, 5.41) is 2.97. The molecule has 0 spiro atoms. The van der Waals surface area contributed by atoms with Gasteiger partial charge in [0.1, 0.15) is 0 Å². The minimum atomic E-state index is -0.0354. The molecule has 2 aliphatic carbocycles. The van der Waals surface area contributed by atoms with Gasteiger partial charge in [-0.15, -0.1) is 12.4 Å². The first-order valence-corrected chi connectivity index (χ1v) is 8.78.